The SMILES string of the molecule is CC(N)C(O)c1cccc(O)c1.O=C(O)[C@H](O)[C@@H](O)C(=O)O. The van der Waals surface area contributed by atoms with Crippen molar-refractivity contribution in [3.05, 3.63) is 29.8 Å². The third-order valence-corrected chi connectivity index (χ3v) is 2.51. The number of aliphatic hydroxyl groups excluding tert-OH is 3. The molecule has 0 fully saturated rings. The molecule has 22 heavy (non-hydrogen) atoms. The first-order valence-corrected chi connectivity index (χ1v) is 6.12. The number of benzene rings is 1. The fourth-order valence-corrected chi connectivity index (χ4v) is 1.28. The summed E-state index contributed by atoms with van der Waals surface area (Å²) in [6.07, 6.45) is -5.24. The smallest absolute Gasteiger partial charge is 0.335 e. The van der Waals surface area contributed by atoms with Crippen LogP contribution in [0.1, 0.15) is 18.6 Å². The molecular formula is C13H19NO8. The molecule has 0 heterocycles. The predicted octanol–water partition coefficient (Wildman–Crippen LogP) is -1.35. The summed E-state index contributed by atoms with van der Waals surface area (Å²) in [6.45, 7) is 1.72. The molecule has 9 heteroatoms. The molecule has 0 aromatic heterocycles. The monoisotopic (exact) mass is 317 g/mol. The van der Waals surface area contributed by atoms with Gasteiger partial charge in [0.2, 0.25) is 0 Å². The molecule has 4 atom stereocenters. The number of phenols is 1. The number of carboxylic acid groups (broad SMARTS) is 2. The molecule has 8 N–H and O–H groups in total. The first-order valence-electron chi connectivity index (χ1n) is 6.12. The van der Waals surface area contributed by atoms with E-state index in [0.717, 1.165) is 0 Å². The molecule has 0 spiro atoms. The van der Waals surface area contributed by atoms with Crippen LogP contribution in [0.15, 0.2) is 24.3 Å². The second-order valence-electron chi connectivity index (χ2n) is 4.47. The molecule has 1 rings (SSSR count). The van der Waals surface area contributed by atoms with Crippen LogP contribution in [-0.4, -0.2) is 60.8 Å². The number of nitrogens with two attached hydrogens (primary N) is 1. The third kappa shape index (κ3) is 6.50. The Morgan fingerprint density at radius 3 is 1.82 bits per heavy atom. The number of aliphatic carboxylic acids is 2. The van der Waals surface area contributed by atoms with Crippen molar-refractivity contribution in [1.82, 2.24) is 0 Å². The van der Waals surface area contributed by atoms with Crippen LogP contribution in [-0.2, 0) is 9.59 Å². The average Bonchev–Trinajstić information content (AvgIpc) is 2.45. The number of aromatic hydroxyl groups is 1. The molecular weight excluding hydrogens is 298 g/mol. The third-order valence-electron chi connectivity index (χ3n) is 2.51. The number of rotatable bonds is 5. The van der Waals surface area contributed by atoms with E-state index in [9.17, 15) is 14.7 Å². The standard InChI is InChI=1S/C9H13NO2.C4H6O6/c1-6(10)9(12)7-3-2-4-8(11)5-7;5-1(3(7)8)2(6)4(9)10/h2-6,9,11-12H,10H2,1H3;1-2,5-6H,(H,7,8)(H,9,10)/t;1-,2-/m.1/s1. The maximum Gasteiger partial charge on any atom is 0.335 e. The lowest BCUT2D eigenvalue weighted by Gasteiger charge is -2.14. The molecule has 0 aliphatic carbocycles. The Labute approximate surface area is 125 Å². The highest BCUT2D eigenvalue weighted by molar-refractivity contribution is 5.83. The number of hydrogen-bond donors (Lipinski definition) is 7. The Balaban J connectivity index is 0.000000409. The summed E-state index contributed by atoms with van der Waals surface area (Å²) >= 11 is 0. The normalized spacial score (nSPS) is 15.7. The van der Waals surface area contributed by atoms with Gasteiger partial charge in [-0.3, -0.25) is 0 Å². The molecule has 0 radical (unpaired) electrons. The molecule has 0 aliphatic rings. The van der Waals surface area contributed by atoms with E-state index >= 15 is 0 Å². The number of phenolic OH excluding ortho intramolecular Hbond substituents is 1. The van der Waals surface area contributed by atoms with Gasteiger partial charge in [-0.2, -0.15) is 0 Å². The number of carbonyl (C=O) groups is 2. The highest BCUT2D eigenvalue weighted by atomic mass is 16.4. The Hall–Kier alpha value is -2.20. The molecule has 0 saturated heterocycles. The van der Waals surface area contributed by atoms with Gasteiger partial charge in [0.25, 0.3) is 0 Å². The van der Waals surface area contributed by atoms with Crippen molar-refractivity contribution in [2.24, 2.45) is 5.73 Å². The van der Waals surface area contributed by atoms with Crippen LogP contribution in [0, 0.1) is 0 Å². The van der Waals surface area contributed by atoms with E-state index in [2.05, 4.69) is 0 Å². The van der Waals surface area contributed by atoms with Crippen molar-refractivity contribution < 1.29 is 40.2 Å². The van der Waals surface area contributed by atoms with Gasteiger partial charge in [-0.05, 0) is 24.6 Å². The van der Waals surface area contributed by atoms with E-state index in [-0.39, 0.29) is 11.8 Å². The quantitative estimate of drug-likeness (QED) is 0.345. The summed E-state index contributed by atoms with van der Waals surface area (Å²) in [6, 6.07) is 6.14. The summed E-state index contributed by atoms with van der Waals surface area (Å²) in [5.41, 5.74) is 6.13. The van der Waals surface area contributed by atoms with E-state index in [0.29, 0.717) is 5.56 Å². The summed E-state index contributed by atoms with van der Waals surface area (Å²) in [5, 5.41) is 51.1. The molecule has 9 nitrogen and oxygen atoms in total. The van der Waals surface area contributed by atoms with Crippen LogP contribution in [0.3, 0.4) is 0 Å². The van der Waals surface area contributed by atoms with Gasteiger partial charge in [0.05, 0.1) is 6.10 Å². The summed E-state index contributed by atoms with van der Waals surface area (Å²) in [5.74, 6) is -3.39. The fourth-order valence-electron chi connectivity index (χ4n) is 1.28. The highest BCUT2D eigenvalue weighted by Gasteiger charge is 2.29. The Morgan fingerprint density at radius 1 is 1.05 bits per heavy atom. The first-order chi connectivity index (χ1) is 10.1. The lowest BCUT2D eigenvalue weighted by atomic mass is 10.0. The Bertz CT molecular complexity index is 487. The van der Waals surface area contributed by atoms with Crippen LogP contribution in [0.25, 0.3) is 0 Å². The van der Waals surface area contributed by atoms with Gasteiger partial charge < -0.3 is 36.4 Å². The molecule has 2 unspecified atom stereocenters. The lowest BCUT2D eigenvalue weighted by molar-refractivity contribution is -0.165. The minimum atomic E-state index is -2.27. The second-order valence-corrected chi connectivity index (χ2v) is 4.47. The van der Waals surface area contributed by atoms with Crippen molar-refractivity contribution in [3.8, 4) is 5.75 Å². The first kappa shape index (κ1) is 19.8. The Morgan fingerprint density at radius 2 is 1.50 bits per heavy atom. The van der Waals surface area contributed by atoms with Crippen LogP contribution >= 0.6 is 0 Å². The van der Waals surface area contributed by atoms with E-state index in [1.807, 2.05) is 0 Å². The molecule has 124 valence electrons. The van der Waals surface area contributed by atoms with E-state index in [1.165, 1.54) is 6.07 Å². The van der Waals surface area contributed by atoms with Crippen LogP contribution in [0.2, 0.25) is 0 Å². The van der Waals surface area contributed by atoms with Crippen molar-refractivity contribution in [2.75, 3.05) is 0 Å². The fraction of sp³-hybridized carbons (Fsp3) is 0.385. The zero-order valence-corrected chi connectivity index (χ0v) is 11.7. The van der Waals surface area contributed by atoms with Crippen LogP contribution in [0.4, 0.5) is 0 Å². The van der Waals surface area contributed by atoms with Crippen molar-refractivity contribution >= 4 is 11.9 Å². The van der Waals surface area contributed by atoms with Gasteiger partial charge in [-0.15, -0.1) is 0 Å². The predicted molar refractivity (Wildman–Crippen MR) is 74.0 cm³/mol. The second kappa shape index (κ2) is 8.95. The van der Waals surface area contributed by atoms with Crippen molar-refractivity contribution in [3.63, 3.8) is 0 Å². The van der Waals surface area contributed by atoms with Crippen molar-refractivity contribution in [1.29, 1.82) is 0 Å². The van der Waals surface area contributed by atoms with E-state index in [4.69, 9.17) is 31.3 Å². The minimum Gasteiger partial charge on any atom is -0.508 e. The van der Waals surface area contributed by atoms with Gasteiger partial charge in [0, 0.05) is 6.04 Å². The molecule has 0 aliphatic heterocycles. The maximum absolute atomic E-state index is 9.77. The molecule has 0 amide bonds. The largest absolute Gasteiger partial charge is 0.508 e. The minimum absolute atomic E-state index is 0.146. The van der Waals surface area contributed by atoms with Gasteiger partial charge in [0.1, 0.15) is 5.75 Å². The Kier molecular flexibility index (Phi) is 8.05. The van der Waals surface area contributed by atoms with E-state index < -0.39 is 30.3 Å². The topological polar surface area (TPSA) is 182 Å². The van der Waals surface area contributed by atoms with Crippen molar-refractivity contribution in [2.45, 2.75) is 31.3 Å². The van der Waals surface area contributed by atoms with Gasteiger partial charge in [-0.25, -0.2) is 9.59 Å². The average molecular weight is 317 g/mol. The molecule has 1 aromatic carbocycles. The molecule has 0 saturated carbocycles. The van der Waals surface area contributed by atoms with Crippen LogP contribution in [0.5, 0.6) is 5.75 Å². The number of hydrogen-bond acceptors (Lipinski definition) is 7. The zero-order valence-electron chi connectivity index (χ0n) is 11.7. The summed E-state index contributed by atoms with van der Waals surface area (Å²) in [7, 11) is 0. The summed E-state index contributed by atoms with van der Waals surface area (Å²) < 4.78 is 0. The maximum atomic E-state index is 9.77. The lowest BCUT2D eigenvalue weighted by Crippen LogP contribution is -2.39. The number of aliphatic hydroxyl groups is 3. The molecule has 1 aromatic rings. The van der Waals surface area contributed by atoms with Gasteiger partial charge in [0.15, 0.2) is 12.2 Å². The summed E-state index contributed by atoms with van der Waals surface area (Å²) in [4.78, 5) is 19.5. The van der Waals surface area contributed by atoms with Gasteiger partial charge in [-0.1, -0.05) is 12.1 Å². The molecule has 0 bridgehead atoms. The van der Waals surface area contributed by atoms with Crippen LogP contribution < -0.4 is 5.73 Å². The van der Waals surface area contributed by atoms with E-state index in [1.54, 1.807) is 25.1 Å². The van der Waals surface area contributed by atoms with Gasteiger partial charge >= 0.3 is 11.9 Å². The zero-order chi connectivity index (χ0) is 17.4. The number of carboxylic acids is 2. The highest BCUT2D eigenvalue weighted by Crippen LogP contribution is 2.19.